The van der Waals surface area contributed by atoms with Crippen LogP contribution in [-0.4, -0.2) is 19.7 Å². The molecule has 8 heteroatoms. The zero-order chi connectivity index (χ0) is 17.4. The fraction of sp³-hybridized carbons (Fsp3) is 0.0588. The summed E-state index contributed by atoms with van der Waals surface area (Å²) in [5, 5.41) is 5.47. The molecule has 0 radical (unpaired) electrons. The third kappa shape index (κ3) is 3.14. The average molecular weight is 373 g/mol. The molecule has 0 spiro atoms. The van der Waals surface area contributed by atoms with E-state index in [9.17, 15) is 4.79 Å². The van der Waals surface area contributed by atoms with Crippen molar-refractivity contribution in [1.29, 1.82) is 0 Å². The van der Waals surface area contributed by atoms with E-state index in [-0.39, 0.29) is 12.1 Å². The van der Waals surface area contributed by atoms with E-state index in [0.717, 1.165) is 5.56 Å². The second-order valence-corrected chi connectivity index (χ2v) is 6.23. The zero-order valence-electron chi connectivity index (χ0n) is 12.7. The first kappa shape index (κ1) is 15.8. The Hall–Kier alpha value is -2.70. The van der Waals surface area contributed by atoms with Gasteiger partial charge in [-0.05, 0) is 42.5 Å². The molecule has 0 N–H and O–H groups in total. The molecule has 0 atom stereocenters. The molecule has 0 fully saturated rings. The van der Waals surface area contributed by atoms with Crippen molar-refractivity contribution in [3.8, 4) is 11.4 Å². The molecule has 0 bridgehead atoms. The van der Waals surface area contributed by atoms with Crippen LogP contribution in [0.15, 0.2) is 58.1 Å². The zero-order valence-corrected chi connectivity index (χ0v) is 14.2. The third-order valence-corrected chi connectivity index (χ3v) is 4.15. The first-order valence-electron chi connectivity index (χ1n) is 7.33. The summed E-state index contributed by atoms with van der Waals surface area (Å²) < 4.78 is 6.64. The number of benzene rings is 2. The van der Waals surface area contributed by atoms with Gasteiger partial charge in [-0.15, -0.1) is 0 Å². The molecule has 0 aliphatic heterocycles. The summed E-state index contributed by atoms with van der Waals surface area (Å²) in [6.45, 7) is 0.120. The van der Waals surface area contributed by atoms with Crippen molar-refractivity contribution in [1.82, 2.24) is 19.7 Å². The van der Waals surface area contributed by atoms with Gasteiger partial charge in [0.1, 0.15) is 6.54 Å². The summed E-state index contributed by atoms with van der Waals surface area (Å²) in [5.74, 6) is 0.728. The Labute approximate surface area is 151 Å². The van der Waals surface area contributed by atoms with Crippen LogP contribution in [0.1, 0.15) is 5.89 Å². The predicted molar refractivity (Wildman–Crippen MR) is 94.9 cm³/mol. The van der Waals surface area contributed by atoms with E-state index < -0.39 is 0 Å². The van der Waals surface area contributed by atoms with E-state index in [1.807, 2.05) is 0 Å². The van der Waals surface area contributed by atoms with E-state index in [0.29, 0.717) is 32.7 Å². The minimum Gasteiger partial charge on any atom is -0.337 e. The molecule has 2 heterocycles. The van der Waals surface area contributed by atoms with Crippen molar-refractivity contribution in [3.05, 3.63) is 75.1 Å². The lowest BCUT2D eigenvalue weighted by Crippen LogP contribution is -2.21. The summed E-state index contributed by atoms with van der Waals surface area (Å²) in [6.07, 6.45) is 1.45. The molecule has 2 aromatic heterocycles. The fourth-order valence-electron chi connectivity index (χ4n) is 2.42. The monoisotopic (exact) mass is 372 g/mol. The van der Waals surface area contributed by atoms with Gasteiger partial charge < -0.3 is 4.52 Å². The van der Waals surface area contributed by atoms with Gasteiger partial charge in [0.2, 0.25) is 11.7 Å². The highest BCUT2D eigenvalue weighted by Crippen LogP contribution is 2.19. The van der Waals surface area contributed by atoms with E-state index >= 15 is 0 Å². The second-order valence-electron chi connectivity index (χ2n) is 5.36. The van der Waals surface area contributed by atoms with Crippen LogP contribution < -0.4 is 5.56 Å². The molecule has 0 saturated carbocycles. The summed E-state index contributed by atoms with van der Waals surface area (Å²) in [6, 6.07) is 12.1. The summed E-state index contributed by atoms with van der Waals surface area (Å²) >= 11 is 11.8. The van der Waals surface area contributed by atoms with Crippen LogP contribution in [0.4, 0.5) is 0 Å². The smallest absolute Gasteiger partial charge is 0.261 e. The van der Waals surface area contributed by atoms with E-state index in [4.69, 9.17) is 27.7 Å². The molecule has 4 aromatic rings. The molecule has 6 nitrogen and oxygen atoms in total. The lowest BCUT2D eigenvalue weighted by Gasteiger charge is -2.03. The maximum absolute atomic E-state index is 12.6. The maximum Gasteiger partial charge on any atom is 0.261 e. The third-order valence-electron chi connectivity index (χ3n) is 3.66. The molecule has 2 aromatic carbocycles. The van der Waals surface area contributed by atoms with Gasteiger partial charge in [0.25, 0.3) is 5.56 Å². The van der Waals surface area contributed by atoms with Crippen LogP contribution in [0.25, 0.3) is 22.3 Å². The van der Waals surface area contributed by atoms with Crippen molar-refractivity contribution >= 4 is 34.1 Å². The summed E-state index contributed by atoms with van der Waals surface area (Å²) in [7, 11) is 0. The van der Waals surface area contributed by atoms with Crippen molar-refractivity contribution in [2.45, 2.75) is 6.54 Å². The molecule has 0 amide bonds. The predicted octanol–water partition coefficient (Wildman–Crippen LogP) is 3.80. The van der Waals surface area contributed by atoms with Gasteiger partial charge in [-0.3, -0.25) is 9.36 Å². The molecular weight excluding hydrogens is 363 g/mol. The lowest BCUT2D eigenvalue weighted by molar-refractivity contribution is 0.369. The van der Waals surface area contributed by atoms with Crippen LogP contribution in [0.2, 0.25) is 10.0 Å². The highest BCUT2D eigenvalue weighted by Gasteiger charge is 2.11. The van der Waals surface area contributed by atoms with Crippen LogP contribution in [0.3, 0.4) is 0 Å². The van der Waals surface area contributed by atoms with Gasteiger partial charge in [-0.25, -0.2) is 4.98 Å². The largest absolute Gasteiger partial charge is 0.337 e. The molecule has 25 heavy (non-hydrogen) atoms. The van der Waals surface area contributed by atoms with Gasteiger partial charge in [-0.2, -0.15) is 4.98 Å². The summed E-state index contributed by atoms with van der Waals surface area (Å²) in [5.41, 5.74) is 1.13. The van der Waals surface area contributed by atoms with Crippen LogP contribution >= 0.6 is 23.2 Å². The number of nitrogens with zero attached hydrogens (tertiary/aromatic N) is 4. The van der Waals surface area contributed by atoms with E-state index in [2.05, 4.69) is 15.1 Å². The first-order valence-corrected chi connectivity index (χ1v) is 8.09. The summed E-state index contributed by atoms with van der Waals surface area (Å²) in [4.78, 5) is 21.1. The van der Waals surface area contributed by atoms with Crippen LogP contribution in [0, 0.1) is 0 Å². The van der Waals surface area contributed by atoms with E-state index in [1.165, 1.54) is 10.9 Å². The van der Waals surface area contributed by atoms with Gasteiger partial charge >= 0.3 is 0 Å². The molecule has 0 aliphatic carbocycles. The number of hydrogen-bond acceptors (Lipinski definition) is 5. The number of fused-ring (bicyclic) bond motifs is 1. The Balaban J connectivity index is 1.67. The van der Waals surface area contributed by atoms with Crippen molar-refractivity contribution < 1.29 is 4.52 Å². The van der Waals surface area contributed by atoms with Crippen LogP contribution in [0.5, 0.6) is 0 Å². The lowest BCUT2D eigenvalue weighted by atomic mass is 10.2. The quantitative estimate of drug-likeness (QED) is 0.546. The minimum atomic E-state index is -0.223. The maximum atomic E-state index is 12.6. The van der Waals surface area contributed by atoms with Gasteiger partial charge in [0.05, 0.1) is 17.2 Å². The SMILES string of the molecule is O=c1c2cc(Cl)ccc2ncn1Cc1nc(-c2ccc(Cl)cc2)no1. The molecule has 0 unspecified atom stereocenters. The fourth-order valence-corrected chi connectivity index (χ4v) is 2.72. The Morgan fingerprint density at radius 3 is 2.60 bits per heavy atom. The number of hydrogen-bond donors (Lipinski definition) is 0. The molecule has 0 aliphatic rings. The van der Waals surface area contributed by atoms with Crippen molar-refractivity contribution in [3.63, 3.8) is 0 Å². The second kappa shape index (κ2) is 6.31. The normalized spacial score (nSPS) is 11.1. The van der Waals surface area contributed by atoms with Gasteiger partial charge in [0, 0.05) is 15.6 Å². The first-order chi connectivity index (χ1) is 12.1. The molecule has 4 rings (SSSR count). The minimum absolute atomic E-state index is 0.120. The Morgan fingerprint density at radius 1 is 1.04 bits per heavy atom. The van der Waals surface area contributed by atoms with Crippen molar-refractivity contribution in [2.24, 2.45) is 0 Å². The molecule has 0 saturated heterocycles. The number of rotatable bonds is 3. The standard InChI is InChI=1S/C17H10Cl2N4O2/c18-11-3-1-10(2-4-11)16-21-15(25-22-16)8-23-9-20-14-6-5-12(19)7-13(14)17(23)24/h1-7,9H,8H2. The average Bonchev–Trinajstić information content (AvgIpc) is 3.07. The highest BCUT2D eigenvalue weighted by molar-refractivity contribution is 6.31. The highest BCUT2D eigenvalue weighted by atomic mass is 35.5. The molecule has 124 valence electrons. The molecular formula is C17H10Cl2N4O2. The Kier molecular flexibility index (Phi) is 3.99. The number of aromatic nitrogens is 4. The Morgan fingerprint density at radius 2 is 1.80 bits per heavy atom. The van der Waals surface area contributed by atoms with Crippen LogP contribution in [-0.2, 0) is 6.54 Å². The van der Waals surface area contributed by atoms with Gasteiger partial charge in [-0.1, -0.05) is 28.4 Å². The van der Waals surface area contributed by atoms with Gasteiger partial charge in [0.15, 0.2) is 0 Å². The number of halogens is 2. The Bertz CT molecular complexity index is 1120. The van der Waals surface area contributed by atoms with E-state index in [1.54, 1.807) is 42.5 Å². The van der Waals surface area contributed by atoms with Crippen molar-refractivity contribution in [2.75, 3.05) is 0 Å². The topological polar surface area (TPSA) is 73.8 Å².